The Morgan fingerprint density at radius 1 is 0.767 bits per heavy atom. The first kappa shape index (κ1) is 21.6. The van der Waals surface area contributed by atoms with E-state index in [0.717, 1.165) is 34.5 Å². The minimum absolute atomic E-state index is 0.578. The lowest BCUT2D eigenvalue weighted by Gasteiger charge is -2.63. The van der Waals surface area contributed by atoms with Crippen molar-refractivity contribution >= 4 is 0 Å². The first-order valence-electron chi connectivity index (χ1n) is 13.7. The Kier molecular flexibility index (Phi) is 4.77. The molecule has 5 rings (SSSR count). The van der Waals surface area contributed by atoms with Crippen LogP contribution in [0.5, 0.6) is 0 Å². The van der Waals surface area contributed by atoms with Gasteiger partial charge in [0.05, 0.1) is 0 Å². The van der Waals surface area contributed by atoms with Crippen molar-refractivity contribution < 1.29 is 0 Å². The van der Waals surface area contributed by atoms with Crippen molar-refractivity contribution in [2.24, 2.45) is 56.7 Å². The zero-order valence-electron chi connectivity index (χ0n) is 21.3. The molecule has 0 N–H and O–H groups in total. The molecule has 0 bridgehead atoms. The molecule has 0 unspecified atom stereocenters. The average Bonchev–Trinajstić information content (AvgIpc) is 3.23. The Balaban J connectivity index is 1.41. The van der Waals surface area contributed by atoms with E-state index in [0.29, 0.717) is 22.2 Å². The molecule has 0 aromatic rings. The number of rotatable bonds is 4. The lowest BCUT2D eigenvalue weighted by molar-refractivity contribution is -0.141. The summed E-state index contributed by atoms with van der Waals surface area (Å²) in [5.41, 5.74) is 3.28. The van der Waals surface area contributed by atoms with E-state index in [-0.39, 0.29) is 0 Å². The summed E-state index contributed by atoms with van der Waals surface area (Å²) < 4.78 is 0. The van der Waals surface area contributed by atoms with Gasteiger partial charge in [0.25, 0.3) is 0 Å². The maximum atomic E-state index is 2.79. The van der Waals surface area contributed by atoms with Crippen LogP contribution < -0.4 is 0 Å². The molecule has 170 valence electrons. The molecule has 5 aliphatic rings. The van der Waals surface area contributed by atoms with Crippen LogP contribution in [0.4, 0.5) is 0 Å². The number of fused-ring (bicyclic) bond motifs is 2. The summed E-state index contributed by atoms with van der Waals surface area (Å²) >= 11 is 0. The van der Waals surface area contributed by atoms with Crippen molar-refractivity contribution in [1.29, 1.82) is 0 Å². The first-order valence-corrected chi connectivity index (χ1v) is 13.7. The van der Waals surface area contributed by atoms with Crippen LogP contribution in [0.2, 0.25) is 0 Å². The SMILES string of the molecule is CC(C)/C=C/C[C@@H](C)[C@H]1CC[C@@]2(C)[C@@H]3CC[C@H]4C(C)(C)CCC[C@@]45C[C@@]35CC[C@]12C. The third kappa shape index (κ3) is 2.58. The number of allylic oxidation sites excluding steroid dienone is 2. The van der Waals surface area contributed by atoms with Gasteiger partial charge in [0, 0.05) is 0 Å². The van der Waals surface area contributed by atoms with Crippen LogP contribution in [0.1, 0.15) is 119 Å². The summed E-state index contributed by atoms with van der Waals surface area (Å²) in [7, 11) is 0. The van der Waals surface area contributed by atoms with Gasteiger partial charge in [-0.2, -0.15) is 0 Å². The van der Waals surface area contributed by atoms with E-state index >= 15 is 0 Å². The van der Waals surface area contributed by atoms with Gasteiger partial charge in [-0.1, -0.05) is 67.0 Å². The quantitative estimate of drug-likeness (QED) is 0.405. The molecule has 0 aromatic heterocycles. The Hall–Kier alpha value is -0.260. The van der Waals surface area contributed by atoms with Crippen molar-refractivity contribution in [2.45, 2.75) is 119 Å². The van der Waals surface area contributed by atoms with Crippen LogP contribution in [0, 0.1) is 56.7 Å². The van der Waals surface area contributed by atoms with Gasteiger partial charge < -0.3 is 0 Å². The van der Waals surface area contributed by atoms with E-state index in [1.54, 1.807) is 32.1 Å². The maximum Gasteiger partial charge on any atom is -0.0198 e. The summed E-state index contributed by atoms with van der Waals surface area (Å²) in [6.45, 7) is 18.0. The predicted molar refractivity (Wildman–Crippen MR) is 129 cm³/mol. The van der Waals surface area contributed by atoms with Gasteiger partial charge in [0.1, 0.15) is 0 Å². The topological polar surface area (TPSA) is 0 Å². The number of hydrogen-bond acceptors (Lipinski definition) is 0. The third-order valence-corrected chi connectivity index (χ3v) is 12.6. The van der Waals surface area contributed by atoms with E-state index in [1.807, 2.05) is 0 Å². The molecule has 0 heterocycles. The van der Waals surface area contributed by atoms with Gasteiger partial charge in [-0.05, 0) is 121 Å². The highest BCUT2D eigenvalue weighted by Crippen LogP contribution is 2.89. The summed E-state index contributed by atoms with van der Waals surface area (Å²) in [5.74, 6) is 4.53. The van der Waals surface area contributed by atoms with E-state index in [4.69, 9.17) is 0 Å². The highest BCUT2D eigenvalue weighted by Gasteiger charge is 2.81. The molecule has 5 aliphatic carbocycles. The molecule has 0 aromatic carbocycles. The molecular weight excluding hydrogens is 360 g/mol. The van der Waals surface area contributed by atoms with Crippen LogP contribution >= 0.6 is 0 Å². The Labute approximate surface area is 188 Å². The standard InChI is InChI=1S/C30H50/c1-21(2)10-8-11-22(3)23-14-17-28(7)25-13-12-24-26(4,5)15-9-16-29(24)20-30(25,29)19-18-27(23,28)6/h8,10,21-25H,9,11-20H2,1-7H3/b10-8+/t22-,23-,24+,25+,27-,28+,29-,30+/m1/s1. The third-order valence-electron chi connectivity index (χ3n) is 12.6. The van der Waals surface area contributed by atoms with Crippen LogP contribution in [-0.2, 0) is 0 Å². The van der Waals surface area contributed by atoms with Gasteiger partial charge >= 0.3 is 0 Å². The van der Waals surface area contributed by atoms with Crippen molar-refractivity contribution in [3.8, 4) is 0 Å². The smallest absolute Gasteiger partial charge is 0.0198 e. The molecule has 0 radical (unpaired) electrons. The summed E-state index contributed by atoms with van der Waals surface area (Å²) in [4.78, 5) is 0. The van der Waals surface area contributed by atoms with Crippen molar-refractivity contribution in [3.05, 3.63) is 12.2 Å². The van der Waals surface area contributed by atoms with Crippen LogP contribution in [0.3, 0.4) is 0 Å². The number of hydrogen-bond donors (Lipinski definition) is 0. The van der Waals surface area contributed by atoms with E-state index in [2.05, 4.69) is 60.6 Å². The van der Waals surface area contributed by atoms with E-state index < -0.39 is 0 Å². The second kappa shape index (κ2) is 6.63. The van der Waals surface area contributed by atoms with Crippen LogP contribution in [0.25, 0.3) is 0 Å². The monoisotopic (exact) mass is 410 g/mol. The molecule has 8 atom stereocenters. The highest BCUT2D eigenvalue weighted by atomic mass is 14.9. The molecule has 2 spiro atoms. The van der Waals surface area contributed by atoms with Crippen molar-refractivity contribution in [2.75, 3.05) is 0 Å². The van der Waals surface area contributed by atoms with Gasteiger partial charge in [-0.25, -0.2) is 0 Å². The minimum Gasteiger partial charge on any atom is -0.0880 e. The Morgan fingerprint density at radius 3 is 2.20 bits per heavy atom. The van der Waals surface area contributed by atoms with Gasteiger partial charge in [-0.15, -0.1) is 0 Å². The zero-order chi connectivity index (χ0) is 21.6. The summed E-state index contributed by atoms with van der Waals surface area (Å²) in [5, 5.41) is 0. The fourth-order valence-corrected chi connectivity index (χ4v) is 11.1. The highest BCUT2D eigenvalue weighted by molar-refractivity contribution is 5.30. The normalized spacial score (nSPS) is 52.5. The average molecular weight is 411 g/mol. The van der Waals surface area contributed by atoms with Crippen molar-refractivity contribution in [1.82, 2.24) is 0 Å². The molecule has 0 saturated heterocycles. The molecule has 0 amide bonds. The predicted octanol–water partition coefficient (Wildman–Crippen LogP) is 9.05. The second-order valence-electron chi connectivity index (χ2n) is 14.4. The fourth-order valence-electron chi connectivity index (χ4n) is 11.1. The lowest BCUT2D eigenvalue weighted by atomic mass is 9.42. The summed E-state index contributed by atoms with van der Waals surface area (Å²) in [6.07, 6.45) is 21.6. The molecule has 30 heavy (non-hydrogen) atoms. The maximum absolute atomic E-state index is 2.79. The van der Waals surface area contributed by atoms with Crippen LogP contribution in [-0.4, -0.2) is 0 Å². The van der Waals surface area contributed by atoms with Crippen molar-refractivity contribution in [3.63, 3.8) is 0 Å². The van der Waals surface area contributed by atoms with Crippen LogP contribution in [0.15, 0.2) is 12.2 Å². The molecule has 0 heteroatoms. The molecule has 5 fully saturated rings. The molecular formula is C30H50. The van der Waals surface area contributed by atoms with E-state index in [1.165, 1.54) is 38.5 Å². The fraction of sp³-hybridized carbons (Fsp3) is 0.933. The minimum atomic E-state index is 0.578. The van der Waals surface area contributed by atoms with Gasteiger partial charge in [0.2, 0.25) is 0 Å². The Bertz CT molecular complexity index is 714. The summed E-state index contributed by atoms with van der Waals surface area (Å²) in [6, 6.07) is 0. The second-order valence-corrected chi connectivity index (χ2v) is 14.4. The molecule has 5 saturated carbocycles. The zero-order valence-corrected chi connectivity index (χ0v) is 21.3. The molecule has 0 nitrogen and oxygen atoms in total. The van der Waals surface area contributed by atoms with E-state index in [9.17, 15) is 0 Å². The molecule has 0 aliphatic heterocycles. The van der Waals surface area contributed by atoms with Gasteiger partial charge in [-0.3, -0.25) is 0 Å². The largest absolute Gasteiger partial charge is 0.0880 e. The Morgan fingerprint density at radius 2 is 1.47 bits per heavy atom. The van der Waals surface area contributed by atoms with Gasteiger partial charge in [0.15, 0.2) is 0 Å². The lowest BCUT2D eigenvalue weighted by Crippen LogP contribution is -2.56. The first-order chi connectivity index (χ1) is 14.0.